The number of hydrogen-bond acceptors (Lipinski definition) is 7. The van der Waals surface area contributed by atoms with Gasteiger partial charge in [0, 0.05) is 24.2 Å². The zero-order valence-corrected chi connectivity index (χ0v) is 28.0. The number of rotatable bonds is 17. The lowest BCUT2D eigenvalue weighted by atomic mass is 10.1. The minimum Gasteiger partial charge on any atom is -0.495 e. The number of nitrogens with one attached hydrogen (secondary N) is 1. The summed E-state index contributed by atoms with van der Waals surface area (Å²) in [6.07, 6.45) is 2.50. The number of sulfonamides is 1. The number of anilines is 1. The maximum Gasteiger partial charge on any atom is 0.265 e. The Bertz CT molecular complexity index is 1540. The average Bonchev–Trinajstić information content (AvgIpc) is 3.05. The van der Waals surface area contributed by atoms with Crippen molar-refractivity contribution in [2.75, 3.05) is 45.3 Å². The molecule has 3 rings (SSSR count). The number of ether oxygens (including phenoxy) is 3. The Labute approximate surface area is 271 Å². The van der Waals surface area contributed by atoms with Crippen molar-refractivity contribution in [2.45, 2.75) is 50.5 Å². The lowest BCUT2D eigenvalue weighted by Gasteiger charge is -2.33. The van der Waals surface area contributed by atoms with Crippen LogP contribution in [-0.2, 0) is 26.0 Å². The van der Waals surface area contributed by atoms with Crippen LogP contribution in [0.2, 0.25) is 5.02 Å². The van der Waals surface area contributed by atoms with Crippen molar-refractivity contribution in [2.24, 2.45) is 0 Å². The standard InChI is InChI=1S/C33H42ClN3O7S/c1-6-8-19-35-33(39)27(7-2)36(20-18-24-12-10-9-11-13-24)32(38)23-37(28-21-25(34)14-16-29(28)42-3)45(40,41)26-15-17-30(43-4)31(22-26)44-5/h9-17,21-22,27H,6-8,18-20,23H2,1-5H3,(H,35,39)/t27-/m1/s1. The summed E-state index contributed by atoms with van der Waals surface area (Å²) in [4.78, 5) is 29.0. The molecule has 0 spiro atoms. The summed E-state index contributed by atoms with van der Waals surface area (Å²) >= 11 is 6.33. The number of nitrogens with zero attached hydrogens (tertiary/aromatic N) is 2. The summed E-state index contributed by atoms with van der Waals surface area (Å²) in [5.41, 5.74) is 1.04. The second-order valence-corrected chi connectivity index (χ2v) is 12.5. The molecule has 0 aliphatic heterocycles. The van der Waals surface area contributed by atoms with E-state index >= 15 is 0 Å². The largest absolute Gasteiger partial charge is 0.495 e. The van der Waals surface area contributed by atoms with E-state index in [1.807, 2.05) is 44.2 Å². The van der Waals surface area contributed by atoms with Gasteiger partial charge < -0.3 is 24.4 Å². The van der Waals surface area contributed by atoms with E-state index in [1.54, 1.807) is 6.07 Å². The molecule has 0 saturated carbocycles. The van der Waals surface area contributed by atoms with Crippen LogP contribution in [0.1, 0.15) is 38.7 Å². The number of carbonyl (C=O) groups excluding carboxylic acids is 2. The maximum absolute atomic E-state index is 14.3. The van der Waals surface area contributed by atoms with Gasteiger partial charge in [-0.1, -0.05) is 62.2 Å². The van der Waals surface area contributed by atoms with E-state index in [0.29, 0.717) is 25.1 Å². The molecule has 10 nitrogen and oxygen atoms in total. The molecular weight excluding hydrogens is 618 g/mol. The molecule has 244 valence electrons. The fourth-order valence-electron chi connectivity index (χ4n) is 4.88. The van der Waals surface area contributed by atoms with Gasteiger partial charge in [0.15, 0.2) is 11.5 Å². The van der Waals surface area contributed by atoms with E-state index in [0.717, 1.165) is 22.7 Å². The minimum atomic E-state index is -4.42. The maximum atomic E-state index is 14.3. The van der Waals surface area contributed by atoms with E-state index < -0.39 is 28.5 Å². The fraction of sp³-hybridized carbons (Fsp3) is 0.394. The molecule has 0 aliphatic carbocycles. The number of hydrogen-bond donors (Lipinski definition) is 1. The topological polar surface area (TPSA) is 114 Å². The highest BCUT2D eigenvalue weighted by atomic mass is 35.5. The van der Waals surface area contributed by atoms with E-state index in [9.17, 15) is 18.0 Å². The molecule has 2 amide bonds. The summed E-state index contributed by atoms with van der Waals surface area (Å²) in [6, 6.07) is 17.5. The smallest absolute Gasteiger partial charge is 0.265 e. The van der Waals surface area contributed by atoms with Crippen LogP contribution in [0, 0.1) is 0 Å². The summed E-state index contributed by atoms with van der Waals surface area (Å²) < 4.78 is 45.8. The molecule has 0 aliphatic rings. The first-order valence-electron chi connectivity index (χ1n) is 14.8. The van der Waals surface area contributed by atoms with Crippen molar-refractivity contribution < 1.29 is 32.2 Å². The molecular formula is C33H42ClN3O7S. The van der Waals surface area contributed by atoms with Crippen molar-refractivity contribution in [3.05, 3.63) is 77.3 Å². The fourth-order valence-corrected chi connectivity index (χ4v) is 6.48. The molecule has 0 bridgehead atoms. The highest BCUT2D eigenvalue weighted by molar-refractivity contribution is 7.92. The van der Waals surface area contributed by atoms with E-state index in [1.165, 1.54) is 56.6 Å². The Kier molecular flexibility index (Phi) is 13.4. The average molecular weight is 660 g/mol. The number of amides is 2. The van der Waals surface area contributed by atoms with Crippen molar-refractivity contribution in [1.29, 1.82) is 0 Å². The third-order valence-corrected chi connectivity index (χ3v) is 9.32. The molecule has 0 radical (unpaired) electrons. The van der Waals surface area contributed by atoms with Crippen molar-refractivity contribution in [3.8, 4) is 17.2 Å². The SMILES string of the molecule is CCCCNC(=O)[C@@H](CC)N(CCc1ccccc1)C(=O)CN(c1cc(Cl)ccc1OC)S(=O)(=O)c1ccc(OC)c(OC)c1. The lowest BCUT2D eigenvalue weighted by Crippen LogP contribution is -2.53. The molecule has 45 heavy (non-hydrogen) atoms. The van der Waals surface area contributed by atoms with Crippen LogP contribution in [0.15, 0.2) is 71.6 Å². The number of halogens is 1. The second kappa shape index (κ2) is 16.9. The highest BCUT2D eigenvalue weighted by Gasteiger charge is 2.35. The van der Waals surface area contributed by atoms with Crippen molar-refractivity contribution in [1.82, 2.24) is 10.2 Å². The molecule has 12 heteroatoms. The van der Waals surface area contributed by atoms with Crippen LogP contribution in [0.5, 0.6) is 17.2 Å². The van der Waals surface area contributed by atoms with Gasteiger partial charge in [-0.3, -0.25) is 13.9 Å². The van der Waals surface area contributed by atoms with Gasteiger partial charge >= 0.3 is 0 Å². The first-order chi connectivity index (χ1) is 21.6. The Morgan fingerprint density at radius 1 is 0.889 bits per heavy atom. The molecule has 0 heterocycles. The predicted octanol–water partition coefficient (Wildman–Crippen LogP) is 5.33. The first-order valence-corrected chi connectivity index (χ1v) is 16.6. The normalized spacial score (nSPS) is 11.8. The van der Waals surface area contributed by atoms with Gasteiger partial charge in [0.1, 0.15) is 18.3 Å². The monoisotopic (exact) mass is 659 g/mol. The zero-order chi connectivity index (χ0) is 33.0. The van der Waals surface area contributed by atoms with Crippen LogP contribution in [-0.4, -0.2) is 72.1 Å². The highest BCUT2D eigenvalue weighted by Crippen LogP contribution is 2.37. The minimum absolute atomic E-state index is 0.0663. The van der Waals surface area contributed by atoms with E-state index in [4.69, 9.17) is 25.8 Å². The Balaban J connectivity index is 2.10. The van der Waals surface area contributed by atoms with Crippen molar-refractivity contribution in [3.63, 3.8) is 0 Å². The molecule has 1 N–H and O–H groups in total. The lowest BCUT2D eigenvalue weighted by molar-refractivity contribution is -0.139. The van der Waals surface area contributed by atoms with Crippen LogP contribution in [0.4, 0.5) is 5.69 Å². The van der Waals surface area contributed by atoms with Gasteiger partial charge in [-0.15, -0.1) is 0 Å². The van der Waals surface area contributed by atoms with Crippen molar-refractivity contribution >= 4 is 39.1 Å². The van der Waals surface area contributed by atoms with Gasteiger partial charge in [0.2, 0.25) is 11.8 Å². The zero-order valence-electron chi connectivity index (χ0n) is 26.4. The van der Waals surface area contributed by atoms with E-state index in [-0.39, 0.29) is 39.6 Å². The Morgan fingerprint density at radius 2 is 1.56 bits per heavy atom. The van der Waals surface area contributed by atoms with Crippen LogP contribution >= 0.6 is 11.6 Å². The van der Waals surface area contributed by atoms with Gasteiger partial charge in [-0.05, 0) is 55.2 Å². The molecule has 0 unspecified atom stereocenters. The summed E-state index contributed by atoms with van der Waals surface area (Å²) in [7, 11) is -0.173. The molecule has 3 aromatic carbocycles. The Morgan fingerprint density at radius 3 is 2.18 bits per heavy atom. The summed E-state index contributed by atoms with van der Waals surface area (Å²) in [5, 5.41) is 3.17. The van der Waals surface area contributed by atoms with Gasteiger partial charge in [-0.2, -0.15) is 0 Å². The Hall–Kier alpha value is -3.96. The third-order valence-electron chi connectivity index (χ3n) is 7.33. The summed E-state index contributed by atoms with van der Waals surface area (Å²) in [5.74, 6) is -0.124. The number of carbonyl (C=O) groups is 2. The van der Waals surface area contributed by atoms with Crippen LogP contribution < -0.4 is 23.8 Å². The predicted molar refractivity (Wildman–Crippen MR) is 176 cm³/mol. The van der Waals surface area contributed by atoms with Crippen LogP contribution in [0.3, 0.4) is 0 Å². The number of benzene rings is 3. The molecule has 0 aromatic heterocycles. The van der Waals surface area contributed by atoms with Gasteiger partial charge in [-0.25, -0.2) is 8.42 Å². The molecule has 0 saturated heterocycles. The third kappa shape index (κ3) is 9.04. The quantitative estimate of drug-likeness (QED) is 0.195. The van der Waals surface area contributed by atoms with Crippen LogP contribution in [0.25, 0.3) is 0 Å². The molecule has 1 atom stereocenters. The number of unbranched alkanes of at least 4 members (excludes halogenated alkanes) is 1. The van der Waals surface area contributed by atoms with E-state index in [2.05, 4.69) is 5.32 Å². The van der Waals surface area contributed by atoms with Gasteiger partial charge in [0.05, 0.1) is 31.9 Å². The number of methoxy groups -OCH3 is 3. The second-order valence-electron chi connectivity index (χ2n) is 10.2. The first kappa shape index (κ1) is 35.5. The molecule has 3 aromatic rings. The van der Waals surface area contributed by atoms with Gasteiger partial charge in [0.25, 0.3) is 10.0 Å². The summed E-state index contributed by atoms with van der Waals surface area (Å²) in [6.45, 7) is 3.90. The molecule has 0 fully saturated rings.